The maximum Gasteiger partial charge on any atom is 0.269 e. The van der Waals surface area contributed by atoms with E-state index < -0.39 is 6.08 Å². The van der Waals surface area contributed by atoms with Crippen molar-refractivity contribution < 1.29 is 18.0 Å². The van der Waals surface area contributed by atoms with Crippen LogP contribution in [-0.2, 0) is 11.2 Å². The van der Waals surface area contributed by atoms with Crippen LogP contribution in [0, 0.1) is 11.7 Å². The van der Waals surface area contributed by atoms with Crippen LogP contribution in [0.5, 0.6) is 0 Å². The van der Waals surface area contributed by atoms with Gasteiger partial charge in [-0.3, -0.25) is 4.79 Å². The van der Waals surface area contributed by atoms with Crippen LogP contribution in [0.4, 0.5) is 13.2 Å². The third-order valence-corrected chi connectivity index (χ3v) is 3.98. The molecule has 0 radical (unpaired) electrons. The molecule has 2 nitrogen and oxygen atoms in total. The lowest BCUT2D eigenvalue weighted by atomic mass is 9.96. The van der Waals surface area contributed by atoms with Gasteiger partial charge in [0.25, 0.3) is 6.08 Å². The first-order chi connectivity index (χ1) is 10.5. The Morgan fingerprint density at radius 2 is 1.95 bits per heavy atom. The number of benzene rings is 1. The van der Waals surface area contributed by atoms with Crippen molar-refractivity contribution in [2.24, 2.45) is 5.92 Å². The van der Waals surface area contributed by atoms with Gasteiger partial charge in [0, 0.05) is 19.5 Å². The molecule has 1 aromatic rings. The van der Waals surface area contributed by atoms with Crippen molar-refractivity contribution in [2.45, 2.75) is 32.6 Å². The largest absolute Gasteiger partial charge is 0.342 e. The second-order valence-electron chi connectivity index (χ2n) is 5.89. The molecule has 1 heterocycles. The summed E-state index contributed by atoms with van der Waals surface area (Å²) >= 11 is 0. The van der Waals surface area contributed by atoms with Crippen LogP contribution < -0.4 is 0 Å². The van der Waals surface area contributed by atoms with E-state index in [1.54, 1.807) is 11.0 Å². The number of halogens is 3. The fraction of sp³-hybridized carbons (Fsp3) is 0.471. The second kappa shape index (κ2) is 7.47. The van der Waals surface area contributed by atoms with Crippen molar-refractivity contribution >= 4 is 5.91 Å². The molecular formula is C17H20F3NO. The fourth-order valence-electron chi connectivity index (χ4n) is 2.78. The van der Waals surface area contributed by atoms with E-state index in [1.807, 2.05) is 13.0 Å². The summed E-state index contributed by atoms with van der Waals surface area (Å²) in [6, 6.07) is 6.36. The minimum Gasteiger partial charge on any atom is -0.342 e. The summed E-state index contributed by atoms with van der Waals surface area (Å²) < 4.78 is 38.1. The zero-order valence-electron chi connectivity index (χ0n) is 12.6. The molecule has 120 valence electrons. The van der Waals surface area contributed by atoms with Gasteiger partial charge in [-0.15, -0.1) is 0 Å². The summed E-state index contributed by atoms with van der Waals surface area (Å²) in [7, 11) is 0. The van der Waals surface area contributed by atoms with E-state index in [1.165, 1.54) is 12.1 Å². The maximum atomic E-state index is 13.1. The molecule has 0 aromatic heterocycles. The number of hydrogen-bond acceptors (Lipinski definition) is 1. The van der Waals surface area contributed by atoms with Gasteiger partial charge in [0.1, 0.15) is 5.82 Å². The Morgan fingerprint density at radius 1 is 1.27 bits per heavy atom. The summed E-state index contributed by atoms with van der Waals surface area (Å²) in [6.45, 7) is 2.66. The van der Waals surface area contributed by atoms with Gasteiger partial charge >= 0.3 is 0 Å². The van der Waals surface area contributed by atoms with Crippen LogP contribution in [0.15, 0.2) is 35.9 Å². The summed E-state index contributed by atoms with van der Waals surface area (Å²) in [4.78, 5) is 13.8. The van der Waals surface area contributed by atoms with E-state index in [0.717, 1.165) is 5.56 Å². The number of piperidine rings is 1. The Labute approximate surface area is 128 Å². The van der Waals surface area contributed by atoms with E-state index in [0.29, 0.717) is 25.9 Å². The molecule has 1 aliphatic heterocycles. The van der Waals surface area contributed by atoms with Crippen molar-refractivity contribution in [1.82, 2.24) is 4.90 Å². The smallest absolute Gasteiger partial charge is 0.269 e. The number of likely N-dealkylation sites (tertiary alicyclic amines) is 1. The highest BCUT2D eigenvalue weighted by Crippen LogP contribution is 2.23. The first-order valence-corrected chi connectivity index (χ1v) is 7.51. The van der Waals surface area contributed by atoms with E-state index in [4.69, 9.17) is 0 Å². The van der Waals surface area contributed by atoms with Gasteiger partial charge < -0.3 is 4.90 Å². The highest BCUT2D eigenvalue weighted by molar-refractivity contribution is 5.76. The Bertz CT molecular complexity index is 557. The van der Waals surface area contributed by atoms with E-state index in [9.17, 15) is 18.0 Å². The summed E-state index contributed by atoms with van der Waals surface area (Å²) in [5.41, 5.74) is 1.03. The zero-order chi connectivity index (χ0) is 16.1. The summed E-state index contributed by atoms with van der Waals surface area (Å²) in [5.74, 6) is -0.203. The Balaban J connectivity index is 1.83. The predicted molar refractivity (Wildman–Crippen MR) is 78.9 cm³/mol. The lowest BCUT2D eigenvalue weighted by molar-refractivity contribution is -0.132. The van der Waals surface area contributed by atoms with Crippen molar-refractivity contribution in [2.75, 3.05) is 13.1 Å². The van der Waals surface area contributed by atoms with Gasteiger partial charge in [-0.2, -0.15) is 8.78 Å². The maximum absolute atomic E-state index is 13.1. The third-order valence-electron chi connectivity index (χ3n) is 3.98. The average molecular weight is 311 g/mol. The molecule has 2 rings (SSSR count). The van der Waals surface area contributed by atoms with Crippen LogP contribution >= 0.6 is 0 Å². The molecule has 1 fully saturated rings. The van der Waals surface area contributed by atoms with Gasteiger partial charge in [0.15, 0.2) is 0 Å². The minimum atomic E-state index is -1.61. The molecule has 1 saturated heterocycles. The topological polar surface area (TPSA) is 20.3 Å². The van der Waals surface area contributed by atoms with E-state index in [-0.39, 0.29) is 36.1 Å². The minimum absolute atomic E-state index is 0.0118. The van der Waals surface area contributed by atoms with Gasteiger partial charge in [-0.05, 0) is 48.4 Å². The van der Waals surface area contributed by atoms with Gasteiger partial charge in [-0.1, -0.05) is 19.1 Å². The number of carbonyl (C=O) groups excluding carboxylic acids is 1. The van der Waals surface area contributed by atoms with Crippen LogP contribution in [0.1, 0.15) is 31.7 Å². The molecule has 1 amide bonds. The third kappa shape index (κ3) is 4.61. The highest BCUT2D eigenvalue weighted by Gasteiger charge is 2.22. The van der Waals surface area contributed by atoms with Gasteiger partial charge in [0.05, 0.1) is 0 Å². The van der Waals surface area contributed by atoms with Crippen molar-refractivity contribution in [3.63, 3.8) is 0 Å². The van der Waals surface area contributed by atoms with Crippen molar-refractivity contribution in [3.8, 4) is 0 Å². The zero-order valence-corrected chi connectivity index (χ0v) is 12.6. The fourth-order valence-corrected chi connectivity index (χ4v) is 2.78. The standard InChI is InChI=1S/C17H20F3NO/c1-12(9-13-3-2-4-15(18)11-13)10-16(22)21-7-5-14(6-8-21)17(19)20/h2-4,11-12H,5-10H2,1H3. The summed E-state index contributed by atoms with van der Waals surface area (Å²) in [5, 5.41) is 0. The number of hydrogen-bond donors (Lipinski definition) is 0. The van der Waals surface area contributed by atoms with Crippen LogP contribution in [-0.4, -0.2) is 23.9 Å². The molecule has 1 atom stereocenters. The molecule has 1 aliphatic rings. The SMILES string of the molecule is CC(CC(=O)N1CCC(=C(F)F)CC1)Cc1cccc(F)c1. The number of carbonyl (C=O) groups is 1. The Morgan fingerprint density at radius 3 is 2.55 bits per heavy atom. The van der Waals surface area contributed by atoms with Crippen LogP contribution in [0.3, 0.4) is 0 Å². The molecule has 0 aliphatic carbocycles. The Hall–Kier alpha value is -1.78. The van der Waals surface area contributed by atoms with Gasteiger partial charge in [-0.25, -0.2) is 4.39 Å². The van der Waals surface area contributed by atoms with E-state index >= 15 is 0 Å². The van der Waals surface area contributed by atoms with Crippen LogP contribution in [0.2, 0.25) is 0 Å². The molecule has 0 N–H and O–H groups in total. The summed E-state index contributed by atoms with van der Waals surface area (Å²) in [6.07, 6.45) is -0.111. The lowest BCUT2D eigenvalue weighted by Crippen LogP contribution is -2.37. The molecule has 0 bridgehead atoms. The predicted octanol–water partition coefficient (Wildman–Crippen LogP) is 4.17. The van der Waals surface area contributed by atoms with Crippen molar-refractivity contribution in [3.05, 3.63) is 47.3 Å². The monoisotopic (exact) mass is 311 g/mol. The second-order valence-corrected chi connectivity index (χ2v) is 5.89. The van der Waals surface area contributed by atoms with Crippen LogP contribution in [0.25, 0.3) is 0 Å². The average Bonchev–Trinajstić information content (AvgIpc) is 2.47. The molecule has 5 heteroatoms. The first-order valence-electron chi connectivity index (χ1n) is 7.51. The molecule has 22 heavy (non-hydrogen) atoms. The highest BCUT2D eigenvalue weighted by atomic mass is 19.3. The molecule has 0 saturated carbocycles. The molecule has 1 aromatic carbocycles. The van der Waals surface area contributed by atoms with Gasteiger partial charge in [0.2, 0.25) is 5.91 Å². The normalized spacial score (nSPS) is 16.5. The quantitative estimate of drug-likeness (QED) is 0.817. The van der Waals surface area contributed by atoms with Crippen molar-refractivity contribution in [1.29, 1.82) is 0 Å². The lowest BCUT2D eigenvalue weighted by Gasteiger charge is -2.29. The molecule has 1 unspecified atom stereocenters. The number of rotatable bonds is 4. The number of nitrogens with zero attached hydrogens (tertiary/aromatic N) is 1. The van der Waals surface area contributed by atoms with E-state index in [2.05, 4.69) is 0 Å². The first kappa shape index (κ1) is 16.6. The number of amides is 1. The molecule has 0 spiro atoms. The molecular weight excluding hydrogens is 291 g/mol. The Kier molecular flexibility index (Phi) is 5.63.